The first-order valence-corrected chi connectivity index (χ1v) is 9.38. The van der Waals surface area contributed by atoms with Crippen LogP contribution in [0.2, 0.25) is 10.0 Å². The monoisotopic (exact) mass is 403 g/mol. The van der Waals surface area contributed by atoms with Crippen LogP contribution in [0.5, 0.6) is 5.75 Å². The topological polar surface area (TPSA) is 83.9 Å². The van der Waals surface area contributed by atoms with Crippen LogP contribution in [-0.2, 0) is 14.8 Å². The van der Waals surface area contributed by atoms with Crippen molar-refractivity contribution in [1.29, 1.82) is 0 Å². The fourth-order valence-electron chi connectivity index (χ4n) is 2.11. The Balaban J connectivity index is 2.52. The molecule has 0 radical (unpaired) electrons. The Morgan fingerprint density at radius 1 is 1.16 bits per heavy atom. The summed E-state index contributed by atoms with van der Waals surface area (Å²) in [5.74, 6) is -0.822. The number of aliphatic carboxylic acids is 1. The fraction of sp³-hybridized carbons (Fsp3) is 0.188. The Morgan fingerprint density at radius 2 is 1.80 bits per heavy atom. The predicted octanol–water partition coefficient (Wildman–Crippen LogP) is 3.67. The van der Waals surface area contributed by atoms with Crippen LogP contribution in [0, 0.1) is 0 Å². The van der Waals surface area contributed by atoms with Crippen molar-refractivity contribution < 1.29 is 23.1 Å². The zero-order valence-corrected chi connectivity index (χ0v) is 15.5. The second-order valence-electron chi connectivity index (χ2n) is 4.88. The number of halogens is 2. The van der Waals surface area contributed by atoms with E-state index in [0.29, 0.717) is 16.7 Å². The van der Waals surface area contributed by atoms with Crippen LogP contribution >= 0.6 is 23.2 Å². The molecule has 0 aliphatic heterocycles. The Labute approximate surface area is 155 Å². The molecule has 134 valence electrons. The van der Waals surface area contributed by atoms with Gasteiger partial charge in [-0.3, -0.25) is 9.10 Å². The first-order valence-electron chi connectivity index (χ1n) is 7.18. The van der Waals surface area contributed by atoms with Crippen molar-refractivity contribution in [2.24, 2.45) is 0 Å². The van der Waals surface area contributed by atoms with Gasteiger partial charge in [0.1, 0.15) is 12.3 Å². The van der Waals surface area contributed by atoms with Gasteiger partial charge < -0.3 is 9.84 Å². The summed E-state index contributed by atoms with van der Waals surface area (Å²) in [4.78, 5) is 11.1. The highest BCUT2D eigenvalue weighted by molar-refractivity contribution is 7.92. The maximum Gasteiger partial charge on any atom is 0.324 e. The first-order chi connectivity index (χ1) is 11.8. The van der Waals surface area contributed by atoms with Gasteiger partial charge in [-0.1, -0.05) is 29.3 Å². The van der Waals surface area contributed by atoms with Gasteiger partial charge in [0.25, 0.3) is 10.0 Å². The molecule has 6 nitrogen and oxygen atoms in total. The van der Waals surface area contributed by atoms with Crippen LogP contribution in [0.3, 0.4) is 0 Å². The number of benzene rings is 2. The zero-order valence-electron chi connectivity index (χ0n) is 13.1. The molecular weight excluding hydrogens is 389 g/mol. The lowest BCUT2D eigenvalue weighted by Gasteiger charge is -2.24. The molecule has 0 fully saturated rings. The third kappa shape index (κ3) is 4.36. The fourth-order valence-corrected chi connectivity index (χ4v) is 3.98. The first kappa shape index (κ1) is 19.4. The van der Waals surface area contributed by atoms with Crippen molar-refractivity contribution in [2.75, 3.05) is 17.5 Å². The standard InChI is InChI=1S/C16H15Cl2NO5S/c1-2-24-11-6-8-12(9-7-11)25(22,23)19(10-15(20)21)14-5-3-4-13(17)16(14)18/h3-9H,2,10H2,1H3,(H,20,21). The summed E-state index contributed by atoms with van der Waals surface area (Å²) in [5.41, 5.74) is -0.00884. The van der Waals surface area contributed by atoms with Gasteiger partial charge in [-0.15, -0.1) is 0 Å². The molecular formula is C16H15Cl2NO5S. The highest BCUT2D eigenvalue weighted by atomic mass is 35.5. The molecule has 0 bridgehead atoms. The van der Waals surface area contributed by atoms with Crippen LogP contribution in [0.15, 0.2) is 47.4 Å². The van der Waals surface area contributed by atoms with Crippen molar-refractivity contribution >= 4 is 44.9 Å². The van der Waals surface area contributed by atoms with E-state index < -0.39 is 22.5 Å². The van der Waals surface area contributed by atoms with Gasteiger partial charge in [-0.05, 0) is 43.3 Å². The lowest BCUT2D eigenvalue weighted by molar-refractivity contribution is -0.135. The summed E-state index contributed by atoms with van der Waals surface area (Å²) >= 11 is 12.0. The zero-order chi connectivity index (χ0) is 18.6. The quantitative estimate of drug-likeness (QED) is 0.761. The molecule has 0 aliphatic carbocycles. The number of nitrogens with zero attached hydrogens (tertiary/aromatic N) is 1. The maximum absolute atomic E-state index is 12.9. The molecule has 0 heterocycles. The van der Waals surface area contributed by atoms with Crippen molar-refractivity contribution in [2.45, 2.75) is 11.8 Å². The minimum atomic E-state index is -4.17. The van der Waals surface area contributed by atoms with Gasteiger partial charge >= 0.3 is 5.97 Å². The molecule has 0 saturated heterocycles. The molecule has 2 rings (SSSR count). The molecule has 9 heteroatoms. The Hall–Kier alpha value is -1.96. The average Bonchev–Trinajstić information content (AvgIpc) is 2.56. The molecule has 0 aromatic heterocycles. The Bertz CT molecular complexity index is 869. The maximum atomic E-state index is 12.9. The van der Waals surface area contributed by atoms with E-state index in [2.05, 4.69) is 0 Å². The molecule has 0 aliphatic rings. The van der Waals surface area contributed by atoms with Gasteiger partial charge in [0.05, 0.1) is 27.2 Å². The average molecular weight is 404 g/mol. The predicted molar refractivity (Wildman–Crippen MR) is 96.2 cm³/mol. The summed E-state index contributed by atoms with van der Waals surface area (Å²) in [7, 11) is -4.17. The second kappa shape index (κ2) is 7.95. The van der Waals surface area contributed by atoms with Crippen LogP contribution in [0.25, 0.3) is 0 Å². The number of carbonyl (C=O) groups is 1. The summed E-state index contributed by atoms with van der Waals surface area (Å²) in [5, 5.41) is 9.21. The van der Waals surface area contributed by atoms with Crippen LogP contribution in [0.1, 0.15) is 6.92 Å². The van der Waals surface area contributed by atoms with E-state index in [0.717, 1.165) is 0 Å². The number of ether oxygens (including phenoxy) is 1. The lowest BCUT2D eigenvalue weighted by Crippen LogP contribution is -2.36. The summed E-state index contributed by atoms with van der Waals surface area (Å²) in [6, 6.07) is 10.0. The van der Waals surface area contributed by atoms with Crippen LogP contribution < -0.4 is 9.04 Å². The molecule has 0 atom stereocenters. The van der Waals surface area contributed by atoms with Gasteiger partial charge in [-0.25, -0.2) is 8.42 Å². The van der Waals surface area contributed by atoms with Gasteiger partial charge in [-0.2, -0.15) is 0 Å². The summed E-state index contributed by atoms with van der Waals surface area (Å²) in [6.45, 7) is 1.45. The molecule has 2 aromatic carbocycles. The number of carboxylic acid groups (broad SMARTS) is 1. The van der Waals surface area contributed by atoms with E-state index in [1.165, 1.54) is 42.5 Å². The van der Waals surface area contributed by atoms with Crippen LogP contribution in [-0.4, -0.2) is 32.6 Å². The molecule has 0 amide bonds. The van der Waals surface area contributed by atoms with Gasteiger partial charge in [0, 0.05) is 0 Å². The van der Waals surface area contributed by atoms with E-state index in [4.69, 9.17) is 33.0 Å². The Morgan fingerprint density at radius 3 is 2.36 bits per heavy atom. The van der Waals surface area contributed by atoms with Crippen molar-refractivity contribution in [3.8, 4) is 5.75 Å². The molecule has 0 saturated carbocycles. The lowest BCUT2D eigenvalue weighted by atomic mass is 10.3. The minimum absolute atomic E-state index is 0.00884. The van der Waals surface area contributed by atoms with E-state index in [1.54, 1.807) is 6.92 Å². The molecule has 25 heavy (non-hydrogen) atoms. The number of anilines is 1. The summed E-state index contributed by atoms with van der Waals surface area (Å²) < 4.78 is 31.8. The van der Waals surface area contributed by atoms with E-state index in [1.807, 2.05) is 0 Å². The molecule has 0 unspecified atom stereocenters. The highest BCUT2D eigenvalue weighted by Gasteiger charge is 2.29. The minimum Gasteiger partial charge on any atom is -0.494 e. The van der Waals surface area contributed by atoms with E-state index in [9.17, 15) is 13.2 Å². The van der Waals surface area contributed by atoms with Crippen molar-refractivity contribution in [1.82, 2.24) is 0 Å². The number of hydrogen-bond donors (Lipinski definition) is 1. The van der Waals surface area contributed by atoms with Gasteiger partial charge in [0.2, 0.25) is 0 Å². The molecule has 1 N–H and O–H groups in total. The van der Waals surface area contributed by atoms with Crippen molar-refractivity contribution in [3.05, 3.63) is 52.5 Å². The molecule has 2 aromatic rings. The Kier molecular flexibility index (Phi) is 6.16. The molecule has 0 spiro atoms. The number of carboxylic acids is 1. The van der Waals surface area contributed by atoms with Crippen molar-refractivity contribution in [3.63, 3.8) is 0 Å². The third-order valence-corrected chi connectivity index (χ3v) is 5.78. The second-order valence-corrected chi connectivity index (χ2v) is 7.53. The third-order valence-electron chi connectivity index (χ3n) is 3.20. The largest absolute Gasteiger partial charge is 0.494 e. The summed E-state index contributed by atoms with van der Waals surface area (Å²) in [6.07, 6.45) is 0. The number of hydrogen-bond acceptors (Lipinski definition) is 4. The normalized spacial score (nSPS) is 11.2. The van der Waals surface area contributed by atoms with Crippen LogP contribution in [0.4, 0.5) is 5.69 Å². The number of rotatable bonds is 7. The van der Waals surface area contributed by atoms with E-state index in [-0.39, 0.29) is 20.6 Å². The SMILES string of the molecule is CCOc1ccc(S(=O)(=O)N(CC(=O)O)c2cccc(Cl)c2Cl)cc1. The van der Waals surface area contributed by atoms with Gasteiger partial charge in [0.15, 0.2) is 0 Å². The smallest absolute Gasteiger partial charge is 0.324 e. The number of sulfonamides is 1. The van der Waals surface area contributed by atoms with E-state index >= 15 is 0 Å². The highest BCUT2D eigenvalue weighted by Crippen LogP contribution is 2.35.